The Morgan fingerprint density at radius 2 is 1.63 bits per heavy atom. The fourth-order valence-electron chi connectivity index (χ4n) is 3.96. The van der Waals surface area contributed by atoms with E-state index < -0.39 is 11.6 Å². The van der Waals surface area contributed by atoms with Gasteiger partial charge in [-0.05, 0) is 64.2 Å². The number of benzene rings is 1. The minimum atomic E-state index is -1.19. The van der Waals surface area contributed by atoms with Crippen LogP contribution in [0, 0.1) is 20.8 Å². The maximum absolute atomic E-state index is 12.7. The van der Waals surface area contributed by atoms with E-state index in [1.54, 1.807) is 6.92 Å². The van der Waals surface area contributed by atoms with Gasteiger partial charge in [0.05, 0.1) is 19.1 Å². The number of ether oxygens (including phenoxy) is 3. The zero-order valence-corrected chi connectivity index (χ0v) is 17.2. The predicted octanol–water partition coefficient (Wildman–Crippen LogP) is 3.98. The summed E-state index contributed by atoms with van der Waals surface area (Å²) in [6.45, 7) is 10.7. The molecule has 0 N–H and O–H groups in total. The van der Waals surface area contributed by atoms with Gasteiger partial charge in [-0.3, -0.25) is 4.79 Å². The van der Waals surface area contributed by atoms with Crippen molar-refractivity contribution in [1.29, 1.82) is 0 Å². The molecule has 0 aromatic heterocycles. The Balaban J connectivity index is 2.14. The Kier molecular flexibility index (Phi) is 7.42. The van der Waals surface area contributed by atoms with Gasteiger partial charge in [-0.25, -0.2) is 4.79 Å². The summed E-state index contributed by atoms with van der Waals surface area (Å²) in [7, 11) is 0. The van der Waals surface area contributed by atoms with E-state index in [-0.39, 0.29) is 25.1 Å². The lowest BCUT2D eigenvalue weighted by molar-refractivity contribution is -0.189. The molecular weight excluding hydrogens is 344 g/mol. The average Bonchev–Trinajstić information content (AvgIpc) is 2.60. The van der Waals surface area contributed by atoms with Gasteiger partial charge < -0.3 is 14.2 Å². The minimum Gasteiger partial charge on any atom is -0.463 e. The fourth-order valence-corrected chi connectivity index (χ4v) is 3.96. The zero-order chi connectivity index (χ0) is 20.0. The second kappa shape index (κ2) is 9.36. The van der Waals surface area contributed by atoms with Crippen molar-refractivity contribution in [3.05, 3.63) is 34.4 Å². The molecule has 2 rings (SSSR count). The van der Waals surface area contributed by atoms with Gasteiger partial charge in [0.1, 0.15) is 0 Å². The largest absolute Gasteiger partial charge is 0.463 e. The number of hydrogen-bond donors (Lipinski definition) is 0. The van der Waals surface area contributed by atoms with E-state index in [0.717, 1.165) is 16.7 Å². The number of carbonyl (C=O) groups is 2. The molecule has 0 bridgehead atoms. The van der Waals surface area contributed by atoms with Crippen LogP contribution >= 0.6 is 0 Å². The summed E-state index contributed by atoms with van der Waals surface area (Å²) in [5.41, 5.74) is 3.07. The first kappa shape index (κ1) is 21.4. The van der Waals surface area contributed by atoms with Crippen LogP contribution in [0.4, 0.5) is 0 Å². The summed E-state index contributed by atoms with van der Waals surface area (Å²) >= 11 is 0. The van der Waals surface area contributed by atoms with Gasteiger partial charge in [-0.15, -0.1) is 0 Å². The summed E-state index contributed by atoms with van der Waals surface area (Å²) in [5.74, 6) is -0.821. The highest BCUT2D eigenvalue weighted by molar-refractivity contribution is 5.84. The van der Waals surface area contributed by atoms with E-state index >= 15 is 0 Å². The Morgan fingerprint density at radius 3 is 2.15 bits per heavy atom. The van der Waals surface area contributed by atoms with Gasteiger partial charge >= 0.3 is 11.9 Å². The third-order valence-corrected chi connectivity index (χ3v) is 5.26. The molecule has 1 saturated carbocycles. The van der Waals surface area contributed by atoms with Crippen LogP contribution < -0.4 is 0 Å². The molecule has 0 saturated heterocycles. The first-order chi connectivity index (χ1) is 12.8. The summed E-state index contributed by atoms with van der Waals surface area (Å²) in [6.07, 6.45) is 2.51. The van der Waals surface area contributed by atoms with Crippen molar-refractivity contribution in [2.45, 2.75) is 78.4 Å². The first-order valence-electron chi connectivity index (χ1n) is 9.88. The highest BCUT2D eigenvalue weighted by atomic mass is 16.6. The van der Waals surface area contributed by atoms with Crippen LogP contribution in [0.5, 0.6) is 0 Å². The molecule has 150 valence electrons. The van der Waals surface area contributed by atoms with Crippen molar-refractivity contribution in [3.8, 4) is 0 Å². The van der Waals surface area contributed by atoms with Crippen molar-refractivity contribution in [2.24, 2.45) is 0 Å². The predicted molar refractivity (Wildman–Crippen MR) is 104 cm³/mol. The van der Waals surface area contributed by atoms with E-state index in [9.17, 15) is 9.59 Å². The van der Waals surface area contributed by atoms with Crippen LogP contribution in [0.15, 0.2) is 12.1 Å². The third kappa shape index (κ3) is 5.32. The van der Waals surface area contributed by atoms with E-state index in [2.05, 4.69) is 12.1 Å². The average molecular weight is 376 g/mol. The van der Waals surface area contributed by atoms with Crippen molar-refractivity contribution < 1.29 is 23.8 Å². The molecule has 0 unspecified atom stereocenters. The molecule has 0 amide bonds. The molecule has 1 fully saturated rings. The smallest absolute Gasteiger partial charge is 0.350 e. The quantitative estimate of drug-likeness (QED) is 0.674. The Labute approximate surface area is 162 Å². The summed E-state index contributed by atoms with van der Waals surface area (Å²) < 4.78 is 16.7. The van der Waals surface area contributed by atoms with Crippen molar-refractivity contribution >= 4 is 11.9 Å². The Bertz CT molecular complexity index is 648. The lowest BCUT2D eigenvalue weighted by atomic mass is 9.83. The molecule has 5 nitrogen and oxygen atoms in total. The topological polar surface area (TPSA) is 61.8 Å². The van der Waals surface area contributed by atoms with Gasteiger partial charge in [0.25, 0.3) is 0 Å². The fraction of sp³-hybridized carbons (Fsp3) is 0.636. The van der Waals surface area contributed by atoms with Gasteiger partial charge in [-0.1, -0.05) is 17.7 Å². The number of aryl methyl sites for hydroxylation is 3. The third-order valence-electron chi connectivity index (χ3n) is 5.26. The molecule has 1 aliphatic carbocycles. The van der Waals surface area contributed by atoms with Crippen LogP contribution in [0.1, 0.15) is 61.8 Å². The number of rotatable bonds is 7. The lowest BCUT2D eigenvalue weighted by Gasteiger charge is -2.37. The molecule has 0 heterocycles. The second-order valence-electron chi connectivity index (χ2n) is 7.40. The molecule has 0 aliphatic heterocycles. The van der Waals surface area contributed by atoms with Gasteiger partial charge in [0, 0.05) is 19.4 Å². The van der Waals surface area contributed by atoms with Crippen LogP contribution in [0.3, 0.4) is 0 Å². The maximum Gasteiger partial charge on any atom is 0.350 e. The highest BCUT2D eigenvalue weighted by Crippen LogP contribution is 2.35. The standard InChI is InChI=1S/C22H32O5/c1-6-25-18-8-10-22(11-9-18,21(24)26-7-2)27-20(23)14-19-16(4)12-15(3)13-17(19)5/h12-13,18H,6-11,14H2,1-5H3. The molecule has 1 aliphatic rings. The summed E-state index contributed by atoms with van der Waals surface area (Å²) in [6, 6.07) is 4.12. The van der Waals surface area contributed by atoms with Crippen LogP contribution in [0.25, 0.3) is 0 Å². The molecule has 0 radical (unpaired) electrons. The van der Waals surface area contributed by atoms with Crippen molar-refractivity contribution in [3.63, 3.8) is 0 Å². The van der Waals surface area contributed by atoms with E-state index in [0.29, 0.717) is 32.3 Å². The molecule has 1 aromatic carbocycles. The van der Waals surface area contributed by atoms with Gasteiger partial charge in [0.2, 0.25) is 5.60 Å². The Hall–Kier alpha value is -1.88. The van der Waals surface area contributed by atoms with Crippen molar-refractivity contribution in [1.82, 2.24) is 0 Å². The molecular formula is C22H32O5. The van der Waals surface area contributed by atoms with E-state index in [4.69, 9.17) is 14.2 Å². The van der Waals surface area contributed by atoms with Crippen LogP contribution in [-0.4, -0.2) is 36.9 Å². The summed E-state index contributed by atoms with van der Waals surface area (Å²) in [5, 5.41) is 0. The van der Waals surface area contributed by atoms with Crippen LogP contribution in [0.2, 0.25) is 0 Å². The highest BCUT2D eigenvalue weighted by Gasteiger charge is 2.47. The normalized spacial score (nSPS) is 22.3. The monoisotopic (exact) mass is 376 g/mol. The minimum absolute atomic E-state index is 0.109. The van der Waals surface area contributed by atoms with Crippen molar-refractivity contribution in [2.75, 3.05) is 13.2 Å². The molecule has 0 atom stereocenters. The molecule has 5 heteroatoms. The second-order valence-corrected chi connectivity index (χ2v) is 7.40. The molecule has 27 heavy (non-hydrogen) atoms. The molecule has 1 aromatic rings. The van der Waals surface area contributed by atoms with E-state index in [1.165, 1.54) is 5.56 Å². The van der Waals surface area contributed by atoms with E-state index in [1.807, 2.05) is 27.7 Å². The Morgan fingerprint density at radius 1 is 1.04 bits per heavy atom. The van der Waals surface area contributed by atoms with Crippen LogP contribution in [-0.2, 0) is 30.2 Å². The lowest BCUT2D eigenvalue weighted by Crippen LogP contribution is -2.48. The zero-order valence-electron chi connectivity index (χ0n) is 17.2. The van der Waals surface area contributed by atoms with Gasteiger partial charge in [0.15, 0.2) is 0 Å². The maximum atomic E-state index is 12.7. The summed E-state index contributed by atoms with van der Waals surface area (Å²) in [4.78, 5) is 25.3. The number of hydrogen-bond acceptors (Lipinski definition) is 5. The first-order valence-corrected chi connectivity index (χ1v) is 9.88. The molecule has 0 spiro atoms. The number of carbonyl (C=O) groups excluding carboxylic acids is 2. The SMILES string of the molecule is CCOC(=O)C1(OC(=O)Cc2c(C)cc(C)cc2C)CCC(OCC)CC1. The van der Waals surface area contributed by atoms with Gasteiger partial charge in [-0.2, -0.15) is 0 Å². The number of esters is 2.